The van der Waals surface area contributed by atoms with E-state index in [-0.39, 0.29) is 6.01 Å². The molecule has 0 amide bonds. The van der Waals surface area contributed by atoms with E-state index in [2.05, 4.69) is 15.0 Å². The number of hydrogen-bond donors (Lipinski definition) is 1. The number of rotatable bonds is 4. The Kier molecular flexibility index (Phi) is 3.65. The molecule has 0 aliphatic rings. The van der Waals surface area contributed by atoms with Crippen LogP contribution in [0.15, 0.2) is 23.0 Å². The number of aromatic nitrogens is 3. The lowest BCUT2D eigenvalue weighted by molar-refractivity contribution is 0.376. The lowest BCUT2D eigenvalue weighted by atomic mass is 10.2. The monoisotopic (exact) mass is 263 g/mol. The largest absolute Gasteiger partial charge is 0.497 e. The Morgan fingerprint density at radius 1 is 1.05 bits per heavy atom. The van der Waals surface area contributed by atoms with Gasteiger partial charge in [0.15, 0.2) is 5.82 Å². The van der Waals surface area contributed by atoms with Gasteiger partial charge in [-0.1, -0.05) is 0 Å². The molecular formula is C12H13N3O4. The van der Waals surface area contributed by atoms with Gasteiger partial charge in [0.05, 0.1) is 26.9 Å². The van der Waals surface area contributed by atoms with Gasteiger partial charge < -0.3 is 14.2 Å². The summed E-state index contributed by atoms with van der Waals surface area (Å²) in [5, 5.41) is 0. The van der Waals surface area contributed by atoms with Crippen LogP contribution in [0.2, 0.25) is 0 Å². The third-order valence-corrected chi connectivity index (χ3v) is 2.48. The summed E-state index contributed by atoms with van der Waals surface area (Å²) in [5.74, 6) is 1.48. The summed E-state index contributed by atoms with van der Waals surface area (Å²) in [7, 11) is 4.47. The topological polar surface area (TPSA) is 86.3 Å². The number of H-pyrrole nitrogens is 1. The molecule has 0 fully saturated rings. The third kappa shape index (κ3) is 2.65. The summed E-state index contributed by atoms with van der Waals surface area (Å²) in [6, 6.07) is 5.17. The number of aromatic amines is 1. The highest BCUT2D eigenvalue weighted by Gasteiger charge is 2.12. The molecule has 19 heavy (non-hydrogen) atoms. The number of methoxy groups -OCH3 is 3. The lowest BCUT2D eigenvalue weighted by Gasteiger charge is -2.09. The van der Waals surface area contributed by atoms with Crippen molar-refractivity contribution in [2.75, 3.05) is 21.3 Å². The highest BCUT2D eigenvalue weighted by atomic mass is 16.5. The van der Waals surface area contributed by atoms with Crippen molar-refractivity contribution in [3.05, 3.63) is 28.7 Å². The van der Waals surface area contributed by atoms with Crippen molar-refractivity contribution in [3.8, 4) is 28.9 Å². The number of nitrogens with zero attached hydrogens (tertiary/aromatic N) is 2. The van der Waals surface area contributed by atoms with Gasteiger partial charge in [-0.3, -0.25) is 4.98 Å². The minimum absolute atomic E-state index is 0.00313. The second kappa shape index (κ2) is 5.38. The molecule has 100 valence electrons. The van der Waals surface area contributed by atoms with Gasteiger partial charge in [-0.05, 0) is 12.1 Å². The maximum atomic E-state index is 11.4. The molecule has 7 nitrogen and oxygen atoms in total. The van der Waals surface area contributed by atoms with E-state index in [1.807, 2.05) is 0 Å². The molecule has 7 heteroatoms. The summed E-state index contributed by atoms with van der Waals surface area (Å²) in [5.41, 5.74) is 0.0702. The fourth-order valence-corrected chi connectivity index (χ4v) is 1.58. The highest BCUT2D eigenvalue weighted by molar-refractivity contribution is 5.65. The van der Waals surface area contributed by atoms with Crippen LogP contribution in [0.5, 0.6) is 17.5 Å². The van der Waals surface area contributed by atoms with Crippen molar-refractivity contribution in [1.82, 2.24) is 15.0 Å². The fourth-order valence-electron chi connectivity index (χ4n) is 1.58. The molecule has 2 aromatic rings. The van der Waals surface area contributed by atoms with Crippen molar-refractivity contribution >= 4 is 0 Å². The molecule has 1 N–H and O–H groups in total. The standard InChI is InChI=1S/C12H13N3O4/c1-17-7-4-5-8(9(6-7)18-2)10-13-11(16)15-12(14-10)19-3/h4-6H,1-3H3,(H,13,14,15,16). The molecule has 1 aromatic carbocycles. The smallest absolute Gasteiger partial charge is 0.351 e. The van der Waals surface area contributed by atoms with Crippen LogP contribution in [0, 0.1) is 0 Å². The molecular weight excluding hydrogens is 250 g/mol. The predicted molar refractivity (Wildman–Crippen MR) is 67.7 cm³/mol. The van der Waals surface area contributed by atoms with Crippen LogP contribution in [0.25, 0.3) is 11.4 Å². The van der Waals surface area contributed by atoms with E-state index in [4.69, 9.17) is 14.2 Å². The zero-order valence-corrected chi connectivity index (χ0v) is 10.8. The lowest BCUT2D eigenvalue weighted by Crippen LogP contribution is -2.14. The van der Waals surface area contributed by atoms with Gasteiger partial charge in [-0.25, -0.2) is 4.79 Å². The van der Waals surface area contributed by atoms with Crippen molar-refractivity contribution in [2.24, 2.45) is 0 Å². The summed E-state index contributed by atoms with van der Waals surface area (Å²) in [6.45, 7) is 0. The predicted octanol–water partition coefficient (Wildman–Crippen LogP) is 0.858. The molecule has 0 radical (unpaired) electrons. The van der Waals surface area contributed by atoms with E-state index < -0.39 is 5.69 Å². The first-order valence-electron chi connectivity index (χ1n) is 5.42. The summed E-state index contributed by atoms with van der Waals surface area (Å²) in [4.78, 5) is 21.6. The molecule has 0 spiro atoms. The minimum Gasteiger partial charge on any atom is -0.497 e. The summed E-state index contributed by atoms with van der Waals surface area (Å²) >= 11 is 0. The molecule has 0 unspecified atom stereocenters. The Hall–Kier alpha value is -2.57. The van der Waals surface area contributed by atoms with Crippen LogP contribution in [-0.2, 0) is 0 Å². The highest BCUT2D eigenvalue weighted by Crippen LogP contribution is 2.31. The van der Waals surface area contributed by atoms with Crippen molar-refractivity contribution in [2.45, 2.75) is 0 Å². The van der Waals surface area contributed by atoms with Gasteiger partial charge in [0.25, 0.3) is 0 Å². The van der Waals surface area contributed by atoms with Gasteiger partial charge >= 0.3 is 11.7 Å². The Labute approximate surface area is 109 Å². The molecule has 0 saturated heterocycles. The van der Waals surface area contributed by atoms with Gasteiger partial charge in [0.2, 0.25) is 0 Å². The molecule has 1 aromatic heterocycles. The van der Waals surface area contributed by atoms with Crippen LogP contribution < -0.4 is 19.9 Å². The van der Waals surface area contributed by atoms with E-state index in [0.29, 0.717) is 22.9 Å². The Morgan fingerprint density at radius 2 is 1.84 bits per heavy atom. The van der Waals surface area contributed by atoms with Crippen molar-refractivity contribution in [1.29, 1.82) is 0 Å². The zero-order chi connectivity index (χ0) is 13.8. The second-order valence-corrected chi connectivity index (χ2v) is 3.56. The van der Waals surface area contributed by atoms with Crippen LogP contribution in [0.3, 0.4) is 0 Å². The molecule has 0 bridgehead atoms. The summed E-state index contributed by atoms with van der Waals surface area (Å²) in [6.07, 6.45) is 0. The van der Waals surface area contributed by atoms with E-state index in [0.717, 1.165) is 0 Å². The minimum atomic E-state index is -0.542. The first-order chi connectivity index (χ1) is 9.17. The third-order valence-electron chi connectivity index (χ3n) is 2.48. The molecule has 0 aliphatic heterocycles. The number of ether oxygens (including phenoxy) is 3. The molecule has 0 saturated carbocycles. The summed E-state index contributed by atoms with van der Waals surface area (Å²) < 4.78 is 15.2. The number of benzene rings is 1. The Bertz CT molecular complexity index is 639. The SMILES string of the molecule is COc1ccc(-c2nc(OC)nc(=O)[nH]2)c(OC)c1. The second-order valence-electron chi connectivity index (χ2n) is 3.56. The maximum Gasteiger partial charge on any atom is 0.351 e. The van der Waals surface area contributed by atoms with E-state index in [1.165, 1.54) is 14.2 Å². The fraction of sp³-hybridized carbons (Fsp3) is 0.250. The first-order valence-corrected chi connectivity index (χ1v) is 5.42. The van der Waals surface area contributed by atoms with Gasteiger partial charge in [-0.2, -0.15) is 4.98 Å². The van der Waals surface area contributed by atoms with E-state index in [1.54, 1.807) is 25.3 Å². The molecule has 0 aliphatic carbocycles. The van der Waals surface area contributed by atoms with E-state index >= 15 is 0 Å². The van der Waals surface area contributed by atoms with Crippen molar-refractivity contribution < 1.29 is 14.2 Å². The number of hydrogen-bond acceptors (Lipinski definition) is 6. The number of nitrogens with one attached hydrogen (secondary N) is 1. The van der Waals surface area contributed by atoms with Crippen LogP contribution in [0.4, 0.5) is 0 Å². The van der Waals surface area contributed by atoms with E-state index in [9.17, 15) is 4.79 Å². The van der Waals surface area contributed by atoms with Gasteiger partial charge in [0.1, 0.15) is 11.5 Å². The molecule has 2 rings (SSSR count). The maximum absolute atomic E-state index is 11.4. The first kappa shape index (κ1) is 12.9. The van der Waals surface area contributed by atoms with Crippen LogP contribution in [0.1, 0.15) is 0 Å². The van der Waals surface area contributed by atoms with Crippen LogP contribution >= 0.6 is 0 Å². The molecule has 0 atom stereocenters. The average Bonchev–Trinajstić information content (AvgIpc) is 2.45. The van der Waals surface area contributed by atoms with Crippen molar-refractivity contribution in [3.63, 3.8) is 0 Å². The van der Waals surface area contributed by atoms with Gasteiger partial charge in [-0.15, -0.1) is 4.98 Å². The zero-order valence-electron chi connectivity index (χ0n) is 10.8. The Balaban J connectivity index is 2.57. The normalized spacial score (nSPS) is 10.1. The average molecular weight is 263 g/mol. The van der Waals surface area contributed by atoms with Crippen LogP contribution in [-0.4, -0.2) is 36.3 Å². The Morgan fingerprint density at radius 3 is 2.47 bits per heavy atom. The van der Waals surface area contributed by atoms with Gasteiger partial charge in [0, 0.05) is 6.07 Å². The molecule has 1 heterocycles. The quantitative estimate of drug-likeness (QED) is 0.880.